The van der Waals surface area contributed by atoms with E-state index in [0.717, 1.165) is 38.4 Å². The van der Waals surface area contributed by atoms with Gasteiger partial charge in [0.15, 0.2) is 5.04 Å². The normalized spacial score (nSPS) is 14.8. The third-order valence-corrected chi connectivity index (χ3v) is 7.57. The van der Waals surface area contributed by atoms with Crippen molar-refractivity contribution in [1.29, 1.82) is 5.41 Å². The molecule has 0 spiro atoms. The van der Waals surface area contributed by atoms with Gasteiger partial charge in [-0.1, -0.05) is 48.5 Å². The Morgan fingerprint density at radius 2 is 1.55 bits per heavy atom. The molecular weight excluding hydrogens is 432 g/mol. The summed E-state index contributed by atoms with van der Waals surface area (Å²) in [7, 11) is -3.91. The molecule has 1 aliphatic rings. The lowest BCUT2D eigenvalue weighted by molar-refractivity contribution is 0.250. The van der Waals surface area contributed by atoms with Crippen LogP contribution in [0.4, 0.5) is 11.4 Å². The Bertz CT molecular complexity index is 1190. The van der Waals surface area contributed by atoms with Crippen LogP contribution < -0.4 is 10.2 Å². The summed E-state index contributed by atoms with van der Waals surface area (Å²) in [6.07, 6.45) is 0. The molecule has 1 aliphatic heterocycles. The fraction of sp³-hybridized carbons (Fsp3) is 0.269. The van der Waals surface area contributed by atoms with E-state index in [2.05, 4.69) is 39.4 Å². The number of sulfone groups is 1. The van der Waals surface area contributed by atoms with Crippen molar-refractivity contribution in [3.63, 3.8) is 0 Å². The number of piperazine rings is 1. The number of anilines is 2. The molecule has 0 bridgehead atoms. The van der Waals surface area contributed by atoms with Crippen LogP contribution in [-0.2, 0) is 16.4 Å². The molecule has 0 saturated carbocycles. The van der Waals surface area contributed by atoms with Crippen LogP contribution in [0, 0.1) is 5.41 Å². The zero-order valence-electron chi connectivity index (χ0n) is 18.9. The molecule has 0 atom stereocenters. The molecule has 33 heavy (non-hydrogen) atoms. The molecule has 0 unspecified atom stereocenters. The molecule has 3 aromatic rings. The van der Waals surface area contributed by atoms with Gasteiger partial charge in [0.2, 0.25) is 9.84 Å². The lowest BCUT2D eigenvalue weighted by Crippen LogP contribution is -2.46. The topological polar surface area (TPSA) is 76.5 Å². The Hall–Kier alpha value is -3.16. The summed E-state index contributed by atoms with van der Waals surface area (Å²) in [6.45, 7) is 7.09. The first kappa shape index (κ1) is 23.0. The van der Waals surface area contributed by atoms with Gasteiger partial charge in [-0.3, -0.25) is 10.3 Å². The van der Waals surface area contributed by atoms with Gasteiger partial charge in [0.05, 0.1) is 4.90 Å². The minimum atomic E-state index is -3.91. The summed E-state index contributed by atoms with van der Waals surface area (Å²) < 4.78 is 26.2. The van der Waals surface area contributed by atoms with Gasteiger partial charge in [0.1, 0.15) is 0 Å². The van der Waals surface area contributed by atoms with Gasteiger partial charge in [0.25, 0.3) is 0 Å². The van der Waals surface area contributed by atoms with E-state index in [0.29, 0.717) is 17.8 Å². The zero-order valence-corrected chi connectivity index (χ0v) is 19.7. The first-order valence-electron chi connectivity index (χ1n) is 11.3. The van der Waals surface area contributed by atoms with Gasteiger partial charge in [-0.05, 0) is 42.8 Å². The maximum Gasteiger partial charge on any atom is 0.223 e. The van der Waals surface area contributed by atoms with Crippen molar-refractivity contribution in [2.24, 2.45) is 0 Å². The number of hydrogen-bond donors (Lipinski definition) is 2. The Kier molecular flexibility index (Phi) is 7.11. The number of nitrogens with one attached hydrogen (secondary N) is 2. The first-order chi connectivity index (χ1) is 16.0. The second-order valence-corrected chi connectivity index (χ2v) is 10.0. The minimum absolute atomic E-state index is 0.136. The van der Waals surface area contributed by atoms with E-state index in [-0.39, 0.29) is 9.94 Å². The summed E-state index contributed by atoms with van der Waals surface area (Å²) >= 11 is 0. The summed E-state index contributed by atoms with van der Waals surface area (Å²) in [5.74, 6) is 0. The molecule has 0 aliphatic carbocycles. The molecule has 3 aromatic carbocycles. The van der Waals surface area contributed by atoms with Crippen molar-refractivity contribution < 1.29 is 8.42 Å². The standard InChI is InChI=1S/C26H30N4O2S/c1-2-28-25-14-13-22(19-24(25)26(27)33(31,32)23-11-7-4-8-12-23)30-17-15-29(16-18-30)20-21-9-5-3-6-10-21/h3-14,19,27-28H,2,15-18,20H2,1H3. The number of rotatable bonds is 7. The third kappa shape index (κ3) is 5.26. The monoisotopic (exact) mass is 462 g/mol. The van der Waals surface area contributed by atoms with Crippen molar-refractivity contribution in [3.8, 4) is 0 Å². The highest BCUT2D eigenvalue weighted by atomic mass is 32.2. The Morgan fingerprint density at radius 3 is 2.18 bits per heavy atom. The van der Waals surface area contributed by atoms with E-state index < -0.39 is 9.84 Å². The molecule has 2 N–H and O–H groups in total. The molecule has 1 fully saturated rings. The van der Waals surface area contributed by atoms with Crippen LogP contribution in [-0.4, -0.2) is 51.1 Å². The Morgan fingerprint density at radius 1 is 0.909 bits per heavy atom. The average Bonchev–Trinajstić information content (AvgIpc) is 2.86. The molecule has 6 nitrogen and oxygen atoms in total. The fourth-order valence-electron chi connectivity index (χ4n) is 4.13. The lowest BCUT2D eigenvalue weighted by atomic mass is 10.1. The summed E-state index contributed by atoms with van der Waals surface area (Å²) in [5, 5.41) is 11.4. The second kappa shape index (κ2) is 10.2. The molecule has 0 amide bonds. The zero-order chi connectivity index (χ0) is 23.3. The maximum atomic E-state index is 13.1. The Balaban J connectivity index is 1.54. The van der Waals surface area contributed by atoms with E-state index in [4.69, 9.17) is 5.41 Å². The third-order valence-electron chi connectivity index (χ3n) is 5.92. The van der Waals surface area contributed by atoms with E-state index in [1.54, 1.807) is 18.2 Å². The van der Waals surface area contributed by atoms with Gasteiger partial charge in [-0.2, -0.15) is 0 Å². The number of benzene rings is 3. The number of nitrogens with zero attached hydrogens (tertiary/aromatic N) is 2. The SMILES string of the molecule is CCNc1ccc(N2CCN(Cc3ccccc3)CC2)cc1C(=N)S(=O)(=O)c1ccccc1. The predicted molar refractivity (Wildman–Crippen MR) is 135 cm³/mol. The van der Waals surface area contributed by atoms with Crippen molar-refractivity contribution in [3.05, 3.63) is 90.0 Å². The quantitative estimate of drug-likeness (QED) is 0.406. The molecule has 1 heterocycles. The first-order valence-corrected chi connectivity index (χ1v) is 12.8. The molecule has 172 valence electrons. The summed E-state index contributed by atoms with van der Waals surface area (Å²) in [5.41, 5.74) is 3.32. The molecule has 0 aromatic heterocycles. The van der Waals surface area contributed by atoms with Crippen LogP contribution in [0.1, 0.15) is 18.1 Å². The van der Waals surface area contributed by atoms with Crippen LogP contribution in [0.15, 0.2) is 83.8 Å². The van der Waals surface area contributed by atoms with Gasteiger partial charge >= 0.3 is 0 Å². The van der Waals surface area contributed by atoms with Crippen LogP contribution in [0.5, 0.6) is 0 Å². The largest absolute Gasteiger partial charge is 0.385 e. The molecule has 7 heteroatoms. The molecular formula is C26H30N4O2S. The summed E-state index contributed by atoms with van der Waals surface area (Å²) in [4.78, 5) is 4.84. The van der Waals surface area contributed by atoms with E-state index in [1.807, 2.05) is 31.2 Å². The lowest BCUT2D eigenvalue weighted by Gasteiger charge is -2.36. The van der Waals surface area contributed by atoms with Crippen LogP contribution in [0.3, 0.4) is 0 Å². The van der Waals surface area contributed by atoms with Gasteiger partial charge < -0.3 is 10.2 Å². The van der Waals surface area contributed by atoms with E-state index in [1.165, 1.54) is 17.7 Å². The van der Waals surface area contributed by atoms with Crippen LogP contribution >= 0.6 is 0 Å². The van der Waals surface area contributed by atoms with Gasteiger partial charge in [-0.25, -0.2) is 8.42 Å². The van der Waals surface area contributed by atoms with Gasteiger partial charge in [0, 0.05) is 56.2 Å². The highest BCUT2D eigenvalue weighted by molar-refractivity contribution is 8.06. The molecule has 1 saturated heterocycles. The molecule has 0 radical (unpaired) electrons. The Labute approximate surface area is 196 Å². The predicted octanol–water partition coefficient (Wildman–Crippen LogP) is 4.24. The minimum Gasteiger partial charge on any atom is -0.385 e. The van der Waals surface area contributed by atoms with Crippen molar-refractivity contribution in [1.82, 2.24) is 4.90 Å². The maximum absolute atomic E-state index is 13.1. The van der Waals surface area contributed by atoms with Crippen molar-refractivity contribution in [2.45, 2.75) is 18.4 Å². The van der Waals surface area contributed by atoms with Gasteiger partial charge in [-0.15, -0.1) is 0 Å². The van der Waals surface area contributed by atoms with Crippen molar-refractivity contribution >= 4 is 26.3 Å². The van der Waals surface area contributed by atoms with Crippen LogP contribution in [0.25, 0.3) is 0 Å². The second-order valence-electron chi connectivity index (χ2n) is 8.15. The van der Waals surface area contributed by atoms with E-state index >= 15 is 0 Å². The summed E-state index contributed by atoms with van der Waals surface area (Å²) in [6, 6.07) is 24.4. The fourth-order valence-corrected chi connectivity index (χ4v) is 5.34. The highest BCUT2D eigenvalue weighted by Gasteiger charge is 2.26. The smallest absolute Gasteiger partial charge is 0.223 e. The average molecular weight is 463 g/mol. The number of hydrogen-bond acceptors (Lipinski definition) is 6. The van der Waals surface area contributed by atoms with E-state index in [9.17, 15) is 8.42 Å². The van der Waals surface area contributed by atoms with Crippen molar-refractivity contribution in [2.75, 3.05) is 42.9 Å². The highest BCUT2D eigenvalue weighted by Crippen LogP contribution is 2.28. The van der Waals surface area contributed by atoms with Crippen LogP contribution in [0.2, 0.25) is 0 Å². The molecule has 4 rings (SSSR count).